The summed E-state index contributed by atoms with van der Waals surface area (Å²) in [5, 5.41) is 2.69. The number of carbonyl (C=O) groups is 1. The van der Waals surface area contributed by atoms with Crippen molar-refractivity contribution in [1.29, 1.82) is 0 Å². The molecule has 1 N–H and O–H groups in total. The van der Waals surface area contributed by atoms with Crippen molar-refractivity contribution >= 4 is 17.4 Å². The SMILES string of the molecule is O=C(Cn1ccccc1=O)Nc1ccc(N2CCOCC2)cn1. The maximum absolute atomic E-state index is 12.0. The van der Waals surface area contributed by atoms with Crippen molar-refractivity contribution in [2.45, 2.75) is 6.54 Å². The fraction of sp³-hybridized carbons (Fsp3) is 0.312. The zero-order valence-corrected chi connectivity index (χ0v) is 12.6. The van der Waals surface area contributed by atoms with Gasteiger partial charge in [0.1, 0.15) is 12.4 Å². The summed E-state index contributed by atoms with van der Waals surface area (Å²) < 4.78 is 6.66. The summed E-state index contributed by atoms with van der Waals surface area (Å²) in [7, 11) is 0. The number of rotatable bonds is 4. The van der Waals surface area contributed by atoms with Crippen LogP contribution in [0.3, 0.4) is 0 Å². The quantitative estimate of drug-likeness (QED) is 0.900. The molecule has 0 aliphatic carbocycles. The van der Waals surface area contributed by atoms with Gasteiger partial charge in [-0.25, -0.2) is 4.98 Å². The molecule has 1 saturated heterocycles. The van der Waals surface area contributed by atoms with E-state index < -0.39 is 0 Å². The molecule has 7 heteroatoms. The summed E-state index contributed by atoms with van der Waals surface area (Å²) in [5.74, 6) is 0.181. The summed E-state index contributed by atoms with van der Waals surface area (Å²) in [6.07, 6.45) is 3.31. The zero-order chi connectivity index (χ0) is 16.1. The first kappa shape index (κ1) is 15.2. The van der Waals surface area contributed by atoms with Crippen LogP contribution in [0.5, 0.6) is 0 Å². The molecule has 1 amide bonds. The average Bonchev–Trinajstić information content (AvgIpc) is 2.58. The Morgan fingerprint density at radius 1 is 1.22 bits per heavy atom. The monoisotopic (exact) mass is 314 g/mol. The summed E-state index contributed by atoms with van der Waals surface area (Å²) in [4.78, 5) is 30.0. The lowest BCUT2D eigenvalue weighted by atomic mass is 10.3. The first-order valence-corrected chi connectivity index (χ1v) is 7.46. The third-order valence-corrected chi connectivity index (χ3v) is 3.60. The molecule has 3 heterocycles. The minimum atomic E-state index is -0.287. The van der Waals surface area contributed by atoms with E-state index >= 15 is 0 Å². The van der Waals surface area contributed by atoms with Gasteiger partial charge in [-0.3, -0.25) is 9.59 Å². The van der Waals surface area contributed by atoms with E-state index in [1.54, 1.807) is 30.6 Å². The number of amides is 1. The molecule has 3 rings (SSSR count). The highest BCUT2D eigenvalue weighted by Crippen LogP contribution is 2.16. The molecule has 0 aromatic carbocycles. The topological polar surface area (TPSA) is 76.5 Å². The summed E-state index contributed by atoms with van der Waals surface area (Å²) in [6.45, 7) is 3.07. The first-order chi connectivity index (χ1) is 11.2. The number of ether oxygens (including phenoxy) is 1. The molecule has 0 radical (unpaired) electrons. The molecular formula is C16H18N4O3. The van der Waals surface area contributed by atoms with Crippen LogP contribution in [-0.4, -0.2) is 41.8 Å². The van der Waals surface area contributed by atoms with Crippen LogP contribution in [0.15, 0.2) is 47.5 Å². The number of pyridine rings is 2. The maximum Gasteiger partial charge on any atom is 0.250 e. The highest BCUT2D eigenvalue weighted by molar-refractivity contribution is 5.89. The predicted octanol–water partition coefficient (Wildman–Crippen LogP) is 0.719. The van der Waals surface area contributed by atoms with Crippen molar-refractivity contribution in [2.24, 2.45) is 0 Å². The Morgan fingerprint density at radius 3 is 2.74 bits per heavy atom. The van der Waals surface area contributed by atoms with E-state index in [1.807, 2.05) is 6.07 Å². The van der Waals surface area contributed by atoms with E-state index in [9.17, 15) is 9.59 Å². The molecule has 120 valence electrons. The van der Waals surface area contributed by atoms with Crippen LogP contribution >= 0.6 is 0 Å². The molecule has 1 aliphatic heterocycles. The van der Waals surface area contributed by atoms with Crippen LogP contribution in [0.1, 0.15) is 0 Å². The van der Waals surface area contributed by atoms with Crippen LogP contribution < -0.4 is 15.8 Å². The molecule has 1 fully saturated rings. The van der Waals surface area contributed by atoms with E-state index in [2.05, 4.69) is 15.2 Å². The molecular weight excluding hydrogens is 296 g/mol. The Kier molecular flexibility index (Phi) is 4.68. The van der Waals surface area contributed by atoms with E-state index in [4.69, 9.17) is 4.74 Å². The fourth-order valence-electron chi connectivity index (χ4n) is 2.40. The average molecular weight is 314 g/mol. The van der Waals surface area contributed by atoms with Crippen molar-refractivity contribution in [3.63, 3.8) is 0 Å². The highest BCUT2D eigenvalue weighted by Gasteiger charge is 2.12. The van der Waals surface area contributed by atoms with Gasteiger partial charge in [-0.1, -0.05) is 6.07 Å². The van der Waals surface area contributed by atoms with Crippen molar-refractivity contribution in [2.75, 3.05) is 36.5 Å². The zero-order valence-electron chi connectivity index (χ0n) is 12.6. The number of nitrogens with zero attached hydrogens (tertiary/aromatic N) is 3. The number of carbonyl (C=O) groups excluding carboxylic acids is 1. The molecule has 2 aromatic heterocycles. The standard InChI is InChI=1S/C16H18N4O3/c21-15(12-20-6-2-1-3-16(20)22)18-14-5-4-13(11-17-14)19-7-9-23-10-8-19/h1-6,11H,7-10,12H2,(H,17,18,21). The van der Waals surface area contributed by atoms with Gasteiger partial charge < -0.3 is 19.5 Å². The third kappa shape index (κ3) is 3.95. The Hall–Kier alpha value is -2.67. The van der Waals surface area contributed by atoms with Crippen LogP contribution in [0, 0.1) is 0 Å². The van der Waals surface area contributed by atoms with E-state index in [0.717, 1.165) is 18.8 Å². The lowest BCUT2D eigenvalue weighted by Crippen LogP contribution is -2.36. The normalized spacial score (nSPS) is 14.5. The number of nitrogens with one attached hydrogen (secondary N) is 1. The molecule has 0 saturated carbocycles. The second-order valence-electron chi connectivity index (χ2n) is 5.22. The van der Waals surface area contributed by atoms with Gasteiger partial charge in [0.15, 0.2) is 0 Å². The number of hydrogen-bond acceptors (Lipinski definition) is 5. The molecule has 1 aliphatic rings. The van der Waals surface area contributed by atoms with Crippen LogP contribution in [-0.2, 0) is 16.1 Å². The van der Waals surface area contributed by atoms with E-state index in [-0.39, 0.29) is 18.0 Å². The van der Waals surface area contributed by atoms with Crippen molar-refractivity contribution < 1.29 is 9.53 Å². The predicted molar refractivity (Wildman–Crippen MR) is 86.6 cm³/mol. The first-order valence-electron chi connectivity index (χ1n) is 7.46. The molecule has 2 aromatic rings. The lowest BCUT2D eigenvalue weighted by molar-refractivity contribution is -0.116. The molecule has 0 spiro atoms. The fourth-order valence-corrected chi connectivity index (χ4v) is 2.40. The van der Waals surface area contributed by atoms with Gasteiger partial charge in [-0.15, -0.1) is 0 Å². The van der Waals surface area contributed by atoms with Crippen LogP contribution in [0.25, 0.3) is 0 Å². The Bertz CT molecular complexity index is 721. The second kappa shape index (κ2) is 7.06. The minimum absolute atomic E-state index is 0.0352. The number of anilines is 2. The number of aromatic nitrogens is 2. The summed E-state index contributed by atoms with van der Waals surface area (Å²) in [5.41, 5.74) is 0.795. The molecule has 0 bridgehead atoms. The van der Waals surface area contributed by atoms with Gasteiger partial charge in [-0.2, -0.15) is 0 Å². The Morgan fingerprint density at radius 2 is 2.04 bits per heavy atom. The summed E-state index contributed by atoms with van der Waals surface area (Å²) >= 11 is 0. The Balaban J connectivity index is 1.60. The van der Waals surface area contributed by atoms with Gasteiger partial charge in [0.2, 0.25) is 5.91 Å². The number of hydrogen-bond donors (Lipinski definition) is 1. The van der Waals surface area contributed by atoms with Crippen molar-refractivity contribution in [1.82, 2.24) is 9.55 Å². The van der Waals surface area contributed by atoms with Gasteiger partial charge >= 0.3 is 0 Å². The van der Waals surface area contributed by atoms with Crippen LogP contribution in [0.4, 0.5) is 11.5 Å². The Labute approximate surface area is 133 Å². The highest BCUT2D eigenvalue weighted by atomic mass is 16.5. The van der Waals surface area contributed by atoms with Gasteiger partial charge in [0, 0.05) is 25.4 Å². The maximum atomic E-state index is 12.0. The third-order valence-electron chi connectivity index (χ3n) is 3.60. The van der Waals surface area contributed by atoms with Gasteiger partial charge in [0.25, 0.3) is 5.56 Å². The van der Waals surface area contributed by atoms with Crippen molar-refractivity contribution in [3.05, 3.63) is 53.1 Å². The molecule has 7 nitrogen and oxygen atoms in total. The van der Waals surface area contributed by atoms with Gasteiger partial charge in [-0.05, 0) is 18.2 Å². The van der Waals surface area contributed by atoms with Gasteiger partial charge in [0.05, 0.1) is 25.1 Å². The lowest BCUT2D eigenvalue weighted by Gasteiger charge is -2.28. The molecule has 0 atom stereocenters. The van der Waals surface area contributed by atoms with Crippen LogP contribution in [0.2, 0.25) is 0 Å². The number of morpholine rings is 1. The smallest absolute Gasteiger partial charge is 0.250 e. The van der Waals surface area contributed by atoms with Crippen molar-refractivity contribution in [3.8, 4) is 0 Å². The summed E-state index contributed by atoms with van der Waals surface area (Å²) in [6, 6.07) is 8.45. The van der Waals surface area contributed by atoms with E-state index in [0.29, 0.717) is 19.0 Å². The molecule has 0 unspecified atom stereocenters. The second-order valence-corrected chi connectivity index (χ2v) is 5.22. The minimum Gasteiger partial charge on any atom is -0.378 e. The largest absolute Gasteiger partial charge is 0.378 e. The van der Waals surface area contributed by atoms with E-state index in [1.165, 1.54) is 10.6 Å². The molecule has 23 heavy (non-hydrogen) atoms.